The summed E-state index contributed by atoms with van der Waals surface area (Å²) in [5.74, 6) is -12.0. The van der Waals surface area contributed by atoms with E-state index in [0.717, 1.165) is 0 Å². The number of aromatic nitrogens is 2. The molecule has 200 valence electrons. The summed E-state index contributed by atoms with van der Waals surface area (Å²) < 4.78 is 115. The van der Waals surface area contributed by atoms with E-state index in [1.807, 2.05) is 0 Å². The van der Waals surface area contributed by atoms with Gasteiger partial charge in [0.1, 0.15) is 17.8 Å². The minimum atomic E-state index is -4.67. The number of esters is 1. The Hall–Kier alpha value is -3.31. The largest absolute Gasteiger partial charge is 1.00 e. The zero-order valence-corrected chi connectivity index (χ0v) is 23.2. The summed E-state index contributed by atoms with van der Waals surface area (Å²) in [6.45, 7) is 1.26. The van der Waals surface area contributed by atoms with Gasteiger partial charge in [-0.15, -0.1) is 0 Å². The van der Waals surface area contributed by atoms with Gasteiger partial charge in [0.05, 0.1) is 30.7 Å². The fourth-order valence-electron chi connectivity index (χ4n) is 2.08. The Balaban J connectivity index is 0. The first-order chi connectivity index (χ1) is 17.6. The fourth-order valence-corrected chi connectivity index (χ4v) is 2.08. The summed E-state index contributed by atoms with van der Waals surface area (Å²) >= 11 is 0. The molecule has 12 nitrogen and oxygen atoms in total. The van der Waals surface area contributed by atoms with Crippen LogP contribution in [0.1, 0.15) is 29.4 Å². The molecule has 2 aromatic heterocycles. The van der Waals surface area contributed by atoms with E-state index in [9.17, 15) is 31.1 Å². The fraction of sp³-hybridized carbons (Fsp3) is 0.158. The van der Waals surface area contributed by atoms with Crippen molar-refractivity contribution in [1.29, 1.82) is 21.0 Å². The molecule has 0 bridgehead atoms. The molecule has 0 amide bonds. The molecule has 0 radical (unpaired) electrons. The Bertz CT molecular complexity index is 1490. The number of nitrogens with zero attached hydrogens (tertiary/aromatic N) is 6. The maximum atomic E-state index is 13.7. The molecule has 2 N–H and O–H groups in total. The van der Waals surface area contributed by atoms with Gasteiger partial charge in [-0.2, -0.15) is 33.0 Å². The molecule has 0 spiro atoms. The van der Waals surface area contributed by atoms with Crippen molar-refractivity contribution in [3.63, 3.8) is 0 Å². The summed E-state index contributed by atoms with van der Waals surface area (Å²) in [7, 11) is -4.67. The number of halogens is 6. The monoisotopic (exact) mass is 602 g/mol. The predicted molar refractivity (Wildman–Crippen MR) is 106 cm³/mol. The van der Waals surface area contributed by atoms with Crippen molar-refractivity contribution >= 4 is 16.4 Å². The summed E-state index contributed by atoms with van der Waals surface area (Å²) in [5.41, 5.74) is -3.94. The van der Waals surface area contributed by atoms with E-state index < -0.39 is 86.4 Å². The molecule has 0 aliphatic rings. The molecule has 0 aliphatic carbocycles. The molecule has 0 unspecified atom stereocenters. The van der Waals surface area contributed by atoms with Crippen molar-refractivity contribution in [1.82, 2.24) is 9.97 Å². The Labute approximate surface area is 258 Å². The van der Waals surface area contributed by atoms with Crippen LogP contribution in [-0.2, 0) is 26.4 Å². The predicted octanol–water partition coefficient (Wildman–Crippen LogP) is -0.832. The van der Waals surface area contributed by atoms with E-state index in [4.69, 9.17) is 38.6 Å². The second-order valence-corrected chi connectivity index (χ2v) is 6.72. The Morgan fingerprint density at radius 3 is 1.72 bits per heavy atom. The molecule has 0 saturated heterocycles. The summed E-state index contributed by atoms with van der Waals surface area (Å²) in [4.78, 5) is 16.8. The van der Waals surface area contributed by atoms with Crippen LogP contribution in [0.15, 0.2) is 0 Å². The molecule has 39 heavy (non-hydrogen) atoms. The van der Waals surface area contributed by atoms with Gasteiger partial charge >= 0.3 is 61.8 Å². The first-order valence-corrected chi connectivity index (χ1v) is 10.4. The van der Waals surface area contributed by atoms with Crippen LogP contribution in [0.4, 0.5) is 26.3 Å². The average molecular weight is 602 g/mol. The van der Waals surface area contributed by atoms with Crippen LogP contribution in [0, 0.1) is 86.4 Å². The number of rotatable bonds is 4. The molecule has 0 fully saturated rings. The maximum Gasteiger partial charge on any atom is 1.00 e. The van der Waals surface area contributed by atoms with E-state index in [2.05, 4.69) is 14.7 Å². The molecule has 0 aliphatic heterocycles. The number of hydrogen-bond donors (Lipinski definition) is 2. The zero-order chi connectivity index (χ0) is 29.8. The molecular weight excluding hydrogens is 593 g/mol. The normalized spacial score (nSPS) is 9.36. The first-order valence-electron chi connectivity index (χ1n) is 8.98. The van der Waals surface area contributed by atoms with Crippen molar-refractivity contribution in [2.45, 2.75) is 13.3 Å². The van der Waals surface area contributed by atoms with Crippen LogP contribution in [0.2, 0.25) is 0 Å². The van der Waals surface area contributed by atoms with Crippen LogP contribution in [0.5, 0.6) is 0 Å². The number of nitriles is 4. The first kappa shape index (κ1) is 37.8. The maximum absolute atomic E-state index is 13.7. The van der Waals surface area contributed by atoms with Crippen LogP contribution in [-0.4, -0.2) is 40.1 Å². The summed E-state index contributed by atoms with van der Waals surface area (Å²) in [5, 5.41) is 33.8. The molecule has 0 atom stereocenters. The average Bonchev–Trinajstić information content (AvgIpc) is 2.83. The summed E-state index contributed by atoms with van der Waals surface area (Å²) in [6.07, 6.45) is -0.647. The Kier molecular flexibility index (Phi) is 16.8. The van der Waals surface area contributed by atoms with E-state index in [1.54, 1.807) is 0 Å². The number of carbonyl (C=O) groups excluding carboxylic acids is 1. The van der Waals surface area contributed by atoms with Crippen molar-refractivity contribution < 1.29 is 105 Å². The van der Waals surface area contributed by atoms with Crippen LogP contribution < -0.4 is 51.4 Å². The van der Waals surface area contributed by atoms with Crippen molar-refractivity contribution in [3.8, 4) is 24.3 Å². The number of pyridine rings is 2. The third-order valence-corrected chi connectivity index (χ3v) is 3.48. The minimum absolute atomic E-state index is 0. The molecule has 2 rings (SSSR count). The van der Waals surface area contributed by atoms with Gasteiger partial charge in [0.25, 0.3) is 11.9 Å². The molecule has 0 saturated carbocycles. The standard InChI is InChI=1S/C11H5F3N3O2.C8H2F3N3.K.H2O4S/c1-2-19-11(18)5(3-15)7-8(12)6(4-16)17-10(14)9(7)13;9-6-4(1-2-12)7(10)8(11)14-5(6)3-13;;1-5(2,3)4/h2H2,1H3;1H2;;(H2,1,2,3,4)/q-1;;+1;. The van der Waals surface area contributed by atoms with Gasteiger partial charge in [-0.3, -0.25) is 22.7 Å². The number of hydrogen-bond acceptors (Lipinski definition) is 10. The Morgan fingerprint density at radius 1 is 0.897 bits per heavy atom. The van der Waals surface area contributed by atoms with Crippen molar-refractivity contribution in [2.75, 3.05) is 6.61 Å². The van der Waals surface area contributed by atoms with E-state index in [0.29, 0.717) is 0 Å². The number of carbonyl (C=O) groups is 1. The topological polar surface area (TPSA) is 222 Å². The summed E-state index contributed by atoms with van der Waals surface area (Å²) in [6, 6.07) is 5.13. The SMILES string of the molecule is CCOC(=O)[C-](C#N)c1c(F)c(F)nc(C#N)c1F.N#CCc1c(F)c(F)nc(C#N)c1F.O=S(=O)(O)O.[K+]. The minimum Gasteiger partial charge on any atom is -0.471 e. The quantitative estimate of drug-likeness (QED) is 0.109. The van der Waals surface area contributed by atoms with Gasteiger partial charge in [0.15, 0.2) is 23.3 Å². The van der Waals surface area contributed by atoms with Crippen LogP contribution in [0.3, 0.4) is 0 Å². The van der Waals surface area contributed by atoms with Crippen molar-refractivity contribution in [3.05, 3.63) is 63.6 Å². The third kappa shape index (κ3) is 11.5. The smallest absolute Gasteiger partial charge is 0.471 e. The number of ether oxygens (including phenoxy) is 1. The van der Waals surface area contributed by atoms with Crippen LogP contribution in [0.25, 0.3) is 0 Å². The van der Waals surface area contributed by atoms with E-state index in [1.165, 1.54) is 31.2 Å². The van der Waals surface area contributed by atoms with Gasteiger partial charge in [0.2, 0.25) is 0 Å². The molecule has 0 aromatic carbocycles. The molecule has 2 heterocycles. The van der Waals surface area contributed by atoms with Gasteiger partial charge in [-0.25, -0.2) is 24.0 Å². The van der Waals surface area contributed by atoms with Crippen molar-refractivity contribution in [2.24, 2.45) is 0 Å². The zero-order valence-electron chi connectivity index (χ0n) is 19.3. The van der Waals surface area contributed by atoms with Gasteiger partial charge < -0.3 is 4.74 Å². The van der Waals surface area contributed by atoms with Gasteiger partial charge in [0, 0.05) is 17.6 Å². The van der Waals surface area contributed by atoms with E-state index in [-0.39, 0.29) is 58.0 Å². The van der Waals surface area contributed by atoms with Gasteiger partial charge in [-0.1, -0.05) is 5.56 Å². The second kappa shape index (κ2) is 17.3. The third-order valence-electron chi connectivity index (χ3n) is 3.48. The van der Waals surface area contributed by atoms with Gasteiger partial charge in [-0.05, 0) is 6.92 Å². The molecule has 20 heteroatoms. The molecule has 2 aromatic rings. The van der Waals surface area contributed by atoms with Crippen LogP contribution >= 0.6 is 0 Å². The Morgan fingerprint density at radius 2 is 1.33 bits per heavy atom. The second-order valence-electron chi connectivity index (χ2n) is 5.83. The molecular formula is C19H9F6KN6O6S. The van der Waals surface area contributed by atoms with E-state index >= 15 is 0 Å².